The van der Waals surface area contributed by atoms with E-state index in [2.05, 4.69) is 65.9 Å². The van der Waals surface area contributed by atoms with Crippen LogP contribution in [0.15, 0.2) is 61.0 Å². The van der Waals surface area contributed by atoms with Crippen molar-refractivity contribution in [3.63, 3.8) is 0 Å². The second-order valence-electron chi connectivity index (χ2n) is 4.68. The van der Waals surface area contributed by atoms with Crippen molar-refractivity contribution in [3.05, 3.63) is 72.1 Å². The van der Waals surface area contributed by atoms with E-state index < -0.39 is 0 Å². The smallest absolute Gasteiger partial charge is 0.0374 e. The maximum Gasteiger partial charge on any atom is 0.0374 e. The lowest BCUT2D eigenvalue weighted by molar-refractivity contribution is 0.330. The van der Waals surface area contributed by atoms with E-state index in [1.165, 1.54) is 24.0 Å². The molecule has 18 heavy (non-hydrogen) atoms. The van der Waals surface area contributed by atoms with Gasteiger partial charge in [-0.15, -0.1) is 12.4 Å². The number of nitrogens with zero attached hydrogens (tertiary/aromatic N) is 1. The predicted molar refractivity (Wildman–Crippen MR) is 78.8 cm³/mol. The number of hydrogen-bond donors (Lipinski definition) is 0. The van der Waals surface area contributed by atoms with E-state index in [0.717, 1.165) is 6.42 Å². The van der Waals surface area contributed by atoms with Crippen LogP contribution in [0.4, 0.5) is 0 Å². The van der Waals surface area contributed by atoms with Gasteiger partial charge in [0.05, 0.1) is 0 Å². The van der Waals surface area contributed by atoms with Crippen LogP contribution in [0.25, 0.3) is 0 Å². The van der Waals surface area contributed by atoms with Crippen LogP contribution in [0.2, 0.25) is 0 Å². The number of halogens is 1. The quantitative estimate of drug-likeness (QED) is 0.740. The van der Waals surface area contributed by atoms with Gasteiger partial charge in [0.25, 0.3) is 0 Å². The van der Waals surface area contributed by atoms with E-state index in [0.29, 0.717) is 6.04 Å². The van der Waals surface area contributed by atoms with E-state index in [1.54, 1.807) is 0 Å². The van der Waals surface area contributed by atoms with Crippen LogP contribution in [0.5, 0.6) is 0 Å². The minimum atomic E-state index is 0. The van der Waals surface area contributed by atoms with E-state index in [4.69, 9.17) is 0 Å². The van der Waals surface area contributed by atoms with Crippen LogP contribution in [0.3, 0.4) is 0 Å². The number of allylic oxidation sites excluding steroid dienone is 4. The van der Waals surface area contributed by atoms with Crippen LogP contribution in [0.1, 0.15) is 17.5 Å². The molecule has 94 valence electrons. The molecule has 2 aliphatic rings. The van der Waals surface area contributed by atoms with Gasteiger partial charge < -0.3 is 4.90 Å². The number of hydrogen-bond acceptors (Lipinski definition) is 1. The summed E-state index contributed by atoms with van der Waals surface area (Å²) in [4.78, 5) is 2.34. The lowest BCUT2D eigenvalue weighted by atomic mass is 9.88. The van der Waals surface area contributed by atoms with Crippen LogP contribution in [0, 0.1) is 0 Å². The fourth-order valence-electron chi connectivity index (χ4n) is 2.65. The molecule has 0 saturated heterocycles. The molecule has 1 aromatic carbocycles. The molecule has 1 aliphatic heterocycles. The summed E-state index contributed by atoms with van der Waals surface area (Å²) in [6.45, 7) is 0. The summed E-state index contributed by atoms with van der Waals surface area (Å²) in [5.74, 6) is 0. The van der Waals surface area contributed by atoms with Gasteiger partial charge in [-0.1, -0.05) is 36.4 Å². The molecule has 0 aromatic heterocycles. The lowest BCUT2D eigenvalue weighted by Gasteiger charge is -2.32. The minimum Gasteiger partial charge on any atom is -0.351 e. The zero-order valence-electron chi connectivity index (χ0n) is 10.3. The van der Waals surface area contributed by atoms with Crippen molar-refractivity contribution >= 4 is 12.4 Å². The second-order valence-corrected chi connectivity index (χ2v) is 4.68. The first-order valence-electron chi connectivity index (χ1n) is 6.29. The van der Waals surface area contributed by atoms with Crippen LogP contribution in [-0.4, -0.2) is 10.9 Å². The summed E-state index contributed by atoms with van der Waals surface area (Å²) >= 11 is 0. The third-order valence-electron chi connectivity index (χ3n) is 3.59. The molecule has 1 nitrogen and oxygen atoms in total. The molecule has 0 spiro atoms. The van der Waals surface area contributed by atoms with Crippen molar-refractivity contribution < 1.29 is 0 Å². The first-order chi connectivity index (χ1) is 8.43. The molecule has 0 radical (unpaired) electrons. The molecule has 0 bridgehead atoms. The van der Waals surface area contributed by atoms with Crippen LogP contribution >= 0.6 is 12.4 Å². The Morgan fingerprint density at radius 3 is 2.28 bits per heavy atom. The molecule has 2 heteroatoms. The topological polar surface area (TPSA) is 3.24 Å². The second kappa shape index (κ2) is 5.92. The first kappa shape index (κ1) is 13.0. The maximum absolute atomic E-state index is 2.34. The number of fused-ring (bicyclic) bond motifs is 1. The lowest BCUT2D eigenvalue weighted by Crippen LogP contribution is -2.32. The summed E-state index contributed by atoms with van der Waals surface area (Å²) in [6.07, 6.45) is 16.3. The Hall–Kier alpha value is -1.47. The molecule has 1 aliphatic carbocycles. The Morgan fingerprint density at radius 2 is 1.56 bits per heavy atom. The highest BCUT2D eigenvalue weighted by molar-refractivity contribution is 5.85. The van der Waals surface area contributed by atoms with Crippen molar-refractivity contribution in [2.24, 2.45) is 0 Å². The Bertz CT molecular complexity index is 472. The highest BCUT2D eigenvalue weighted by atomic mass is 35.5. The van der Waals surface area contributed by atoms with E-state index in [1.807, 2.05) is 0 Å². The summed E-state index contributed by atoms with van der Waals surface area (Å²) in [7, 11) is 0. The molecule has 3 rings (SSSR count). The molecule has 0 saturated carbocycles. The van der Waals surface area contributed by atoms with E-state index in [9.17, 15) is 0 Å². The van der Waals surface area contributed by atoms with Crippen LogP contribution in [-0.2, 0) is 12.8 Å². The molecular weight excluding hydrogens is 242 g/mol. The standard InChI is InChI=1S/C16H17N.ClH/c1-2-6-12-17(11-5-1)16-10-9-14-7-3-4-8-15(14)13-16;/h1-8,11-12,16H,9-10,13H2;1H. The third-order valence-corrected chi connectivity index (χ3v) is 3.59. The molecule has 1 heterocycles. The van der Waals surface area contributed by atoms with Gasteiger partial charge in [0.2, 0.25) is 0 Å². The van der Waals surface area contributed by atoms with Gasteiger partial charge in [0, 0.05) is 18.4 Å². The summed E-state index contributed by atoms with van der Waals surface area (Å²) < 4.78 is 0. The Kier molecular flexibility index (Phi) is 4.27. The predicted octanol–water partition coefficient (Wildman–Crippen LogP) is 3.86. The zero-order chi connectivity index (χ0) is 11.5. The fourth-order valence-corrected chi connectivity index (χ4v) is 2.65. The largest absolute Gasteiger partial charge is 0.351 e. The highest BCUT2D eigenvalue weighted by Crippen LogP contribution is 2.25. The molecule has 1 aromatic rings. The maximum atomic E-state index is 2.34. The third kappa shape index (κ3) is 2.68. The van der Waals surface area contributed by atoms with E-state index in [-0.39, 0.29) is 12.4 Å². The number of aryl methyl sites for hydroxylation is 1. The Morgan fingerprint density at radius 1 is 0.889 bits per heavy atom. The molecule has 0 fully saturated rings. The molecule has 1 unspecified atom stereocenters. The molecule has 0 N–H and O–H groups in total. The summed E-state index contributed by atoms with van der Waals surface area (Å²) in [5, 5.41) is 0. The van der Waals surface area contributed by atoms with Gasteiger partial charge in [-0.05, 0) is 42.5 Å². The van der Waals surface area contributed by atoms with Crippen molar-refractivity contribution in [2.45, 2.75) is 25.3 Å². The van der Waals surface area contributed by atoms with Gasteiger partial charge in [-0.25, -0.2) is 0 Å². The Balaban J connectivity index is 0.00000120. The van der Waals surface area contributed by atoms with Gasteiger partial charge in [0.15, 0.2) is 0 Å². The first-order valence-corrected chi connectivity index (χ1v) is 6.29. The Labute approximate surface area is 115 Å². The van der Waals surface area contributed by atoms with Crippen molar-refractivity contribution in [1.82, 2.24) is 4.90 Å². The van der Waals surface area contributed by atoms with Crippen molar-refractivity contribution in [3.8, 4) is 0 Å². The molecule has 0 amide bonds. The van der Waals surface area contributed by atoms with Gasteiger partial charge in [-0.3, -0.25) is 0 Å². The average molecular weight is 260 g/mol. The number of benzene rings is 1. The average Bonchev–Trinajstić information content (AvgIpc) is 2.67. The minimum absolute atomic E-state index is 0. The number of rotatable bonds is 1. The van der Waals surface area contributed by atoms with Gasteiger partial charge in [-0.2, -0.15) is 0 Å². The summed E-state index contributed by atoms with van der Waals surface area (Å²) in [6, 6.07) is 9.44. The van der Waals surface area contributed by atoms with Crippen LogP contribution < -0.4 is 0 Å². The summed E-state index contributed by atoms with van der Waals surface area (Å²) in [5.41, 5.74) is 3.05. The van der Waals surface area contributed by atoms with Gasteiger partial charge >= 0.3 is 0 Å². The zero-order valence-corrected chi connectivity index (χ0v) is 11.1. The van der Waals surface area contributed by atoms with Gasteiger partial charge in [0.1, 0.15) is 0 Å². The SMILES string of the molecule is C1=CC=CN(C2CCc3ccccc3C2)C=C1.Cl. The monoisotopic (exact) mass is 259 g/mol. The van der Waals surface area contributed by atoms with Crippen molar-refractivity contribution in [1.29, 1.82) is 0 Å². The van der Waals surface area contributed by atoms with E-state index >= 15 is 0 Å². The highest BCUT2D eigenvalue weighted by Gasteiger charge is 2.20. The molecular formula is C16H18ClN. The normalized spacial score (nSPS) is 21.1. The fraction of sp³-hybridized carbons (Fsp3) is 0.250. The van der Waals surface area contributed by atoms with Crippen molar-refractivity contribution in [2.75, 3.05) is 0 Å². The molecule has 1 atom stereocenters.